The van der Waals surface area contributed by atoms with Gasteiger partial charge in [0, 0.05) is 16.8 Å². The quantitative estimate of drug-likeness (QED) is 0.157. The number of nitrogens with zero attached hydrogens (tertiary/aromatic N) is 6. The normalized spacial score (nSPS) is 12.5. The van der Waals surface area contributed by atoms with E-state index in [0.29, 0.717) is 22.5 Å². The molecule has 4 heterocycles. The van der Waals surface area contributed by atoms with E-state index < -0.39 is 29.2 Å². The maximum Gasteiger partial charge on any atom is 2.00 e. The van der Waals surface area contributed by atoms with E-state index in [2.05, 4.69) is 32.6 Å². The predicted molar refractivity (Wildman–Crippen MR) is 121 cm³/mol. The van der Waals surface area contributed by atoms with Crippen molar-refractivity contribution >= 4 is 0 Å². The van der Waals surface area contributed by atoms with Gasteiger partial charge in [-0.3, -0.25) is 20.2 Å². The van der Waals surface area contributed by atoms with Crippen molar-refractivity contribution in [1.29, 1.82) is 0 Å². The molecule has 0 atom stereocenters. The van der Waals surface area contributed by atoms with Crippen molar-refractivity contribution in [2.45, 2.75) is 59.3 Å². The van der Waals surface area contributed by atoms with Gasteiger partial charge in [0.1, 0.15) is 0 Å². The van der Waals surface area contributed by atoms with Crippen LogP contribution in [0, 0.1) is 40.1 Å². The van der Waals surface area contributed by atoms with Crippen LogP contribution in [0.4, 0.5) is 26.3 Å². The van der Waals surface area contributed by atoms with E-state index in [4.69, 9.17) is 0 Å². The van der Waals surface area contributed by atoms with Gasteiger partial charge < -0.3 is 9.36 Å². The van der Waals surface area contributed by atoms with Crippen LogP contribution in [0.3, 0.4) is 0 Å². The molecule has 0 aliphatic heterocycles. The van der Waals surface area contributed by atoms with Crippen molar-refractivity contribution in [1.82, 2.24) is 29.5 Å². The van der Waals surface area contributed by atoms with Crippen LogP contribution >= 0.6 is 0 Å². The van der Waals surface area contributed by atoms with Gasteiger partial charge in [-0.05, 0) is 53.7 Å². The Hall–Kier alpha value is -3.04. The van der Waals surface area contributed by atoms with Gasteiger partial charge >= 0.3 is 32.8 Å². The molecule has 0 fully saturated rings. The second-order valence-corrected chi connectivity index (χ2v) is 9.31. The van der Waals surface area contributed by atoms with E-state index >= 15 is 0 Å². The van der Waals surface area contributed by atoms with Gasteiger partial charge in [-0.15, -0.1) is 12.1 Å². The Kier molecular flexibility index (Phi) is 7.71. The summed E-state index contributed by atoms with van der Waals surface area (Å²) in [6.45, 7) is 10.7. The smallest absolute Gasteiger partial charge is 0.343 e. The van der Waals surface area contributed by atoms with E-state index in [1.807, 2.05) is 13.8 Å². The van der Waals surface area contributed by atoms with Crippen LogP contribution in [-0.4, -0.2) is 29.5 Å². The number of rotatable bonds is 4. The average molecular weight is 627 g/mol. The van der Waals surface area contributed by atoms with Gasteiger partial charge in [0.2, 0.25) is 0 Å². The molecular formula is C25H22F6N6Pd. The van der Waals surface area contributed by atoms with Crippen molar-refractivity contribution in [3.8, 4) is 11.6 Å². The Labute approximate surface area is 228 Å². The SMILES string of the molecule is Cc1cc(C(C)(C)c2cc(C)c(C)c(-n3[c-]cc(C(F)(F)F)n3)n2)nc(-n2[c-]cc(C(F)(F)F)n2)c1C.[Pd+2]. The van der Waals surface area contributed by atoms with Crippen LogP contribution in [0.25, 0.3) is 11.6 Å². The zero-order chi connectivity index (χ0) is 27.5. The number of alkyl halides is 6. The molecule has 13 heteroatoms. The fourth-order valence-corrected chi connectivity index (χ4v) is 3.69. The third-order valence-corrected chi connectivity index (χ3v) is 6.34. The molecule has 0 radical (unpaired) electrons. The number of hydrogen-bond donors (Lipinski definition) is 0. The first-order valence-electron chi connectivity index (χ1n) is 11.1. The Morgan fingerprint density at radius 3 is 1.26 bits per heavy atom. The van der Waals surface area contributed by atoms with Crippen molar-refractivity contribution in [3.05, 3.63) is 81.7 Å². The first-order valence-corrected chi connectivity index (χ1v) is 11.1. The molecule has 0 N–H and O–H groups in total. The van der Waals surface area contributed by atoms with Crippen molar-refractivity contribution in [3.63, 3.8) is 0 Å². The van der Waals surface area contributed by atoms with E-state index in [1.165, 1.54) is 0 Å². The Morgan fingerprint density at radius 2 is 0.974 bits per heavy atom. The van der Waals surface area contributed by atoms with E-state index in [9.17, 15) is 26.3 Å². The number of hydrogen-bond acceptors (Lipinski definition) is 4. The molecule has 0 saturated heterocycles. The number of halogens is 6. The Bertz CT molecular complexity index is 1370. The minimum absolute atomic E-state index is 0. The van der Waals surface area contributed by atoms with Crippen LogP contribution in [0.5, 0.6) is 0 Å². The maximum absolute atomic E-state index is 13.1. The van der Waals surface area contributed by atoms with Crippen molar-refractivity contribution < 1.29 is 46.8 Å². The molecule has 0 aromatic carbocycles. The van der Waals surface area contributed by atoms with Gasteiger partial charge in [0.15, 0.2) is 0 Å². The number of pyridine rings is 2. The summed E-state index contributed by atoms with van der Waals surface area (Å²) < 4.78 is 80.6. The van der Waals surface area contributed by atoms with Crippen molar-refractivity contribution in [2.24, 2.45) is 0 Å². The van der Waals surface area contributed by atoms with Crippen molar-refractivity contribution in [2.75, 3.05) is 0 Å². The molecule has 0 aliphatic carbocycles. The van der Waals surface area contributed by atoms with E-state index in [-0.39, 0.29) is 32.1 Å². The predicted octanol–water partition coefficient (Wildman–Crippen LogP) is 6.04. The van der Waals surface area contributed by atoms with Crippen LogP contribution in [0.2, 0.25) is 0 Å². The van der Waals surface area contributed by atoms with Crippen LogP contribution in [0.1, 0.15) is 58.9 Å². The van der Waals surface area contributed by atoms with Crippen LogP contribution < -0.4 is 0 Å². The van der Waals surface area contributed by atoms with Crippen LogP contribution in [0.15, 0.2) is 24.3 Å². The number of aryl methyl sites for hydroxylation is 2. The van der Waals surface area contributed by atoms with Crippen LogP contribution in [-0.2, 0) is 38.2 Å². The van der Waals surface area contributed by atoms with Gasteiger partial charge in [-0.2, -0.15) is 26.3 Å². The third-order valence-electron chi connectivity index (χ3n) is 6.34. The summed E-state index contributed by atoms with van der Waals surface area (Å²) in [7, 11) is 0. The van der Waals surface area contributed by atoms with Gasteiger partial charge in [0.05, 0.1) is 23.0 Å². The largest absolute Gasteiger partial charge is 2.00 e. The molecule has 0 bridgehead atoms. The summed E-state index contributed by atoms with van der Waals surface area (Å²) >= 11 is 0. The molecule has 0 aliphatic rings. The molecule has 38 heavy (non-hydrogen) atoms. The summed E-state index contributed by atoms with van der Waals surface area (Å²) in [4.78, 5) is 9.24. The second kappa shape index (κ2) is 9.93. The van der Waals surface area contributed by atoms with Gasteiger partial charge in [0.25, 0.3) is 0 Å². The molecule has 0 amide bonds. The average Bonchev–Trinajstić information content (AvgIpc) is 3.47. The second-order valence-electron chi connectivity index (χ2n) is 9.31. The minimum atomic E-state index is -4.63. The summed E-state index contributed by atoms with van der Waals surface area (Å²) in [5.74, 6) is 0.357. The van der Waals surface area contributed by atoms with E-state index in [0.717, 1.165) is 32.6 Å². The van der Waals surface area contributed by atoms with E-state index in [1.54, 1.807) is 39.8 Å². The standard InChI is InChI=1S/C25H22F6N6.Pd/c1-13-11-19(32-21(15(13)3)36-9-7-17(34-36)24(26,27)28)23(5,6)20-12-14(2)16(4)22(33-20)37-10-8-18(35-37)25(29,30)31;/h7-8,11-12H,1-6H3;/q-2;+2. The third kappa shape index (κ3) is 5.40. The monoisotopic (exact) mass is 626 g/mol. The van der Waals surface area contributed by atoms with Gasteiger partial charge in [-0.25, -0.2) is 0 Å². The molecule has 4 aromatic heterocycles. The molecular weight excluding hydrogens is 605 g/mol. The fourth-order valence-electron chi connectivity index (χ4n) is 3.69. The topological polar surface area (TPSA) is 61.4 Å². The molecule has 0 spiro atoms. The number of aromatic nitrogens is 6. The minimum Gasteiger partial charge on any atom is -0.343 e. The summed E-state index contributed by atoms with van der Waals surface area (Å²) in [6.07, 6.45) is -4.30. The maximum atomic E-state index is 13.1. The summed E-state index contributed by atoms with van der Waals surface area (Å²) in [5.41, 5.74) is 0.611. The van der Waals surface area contributed by atoms with Gasteiger partial charge in [-0.1, -0.05) is 34.6 Å². The zero-order valence-electron chi connectivity index (χ0n) is 21.1. The Balaban J connectivity index is 0.00000400. The molecule has 4 rings (SSSR count). The summed E-state index contributed by atoms with van der Waals surface area (Å²) in [6, 6.07) is 5.10. The molecule has 4 aromatic rings. The first kappa shape index (κ1) is 29.5. The molecule has 0 unspecified atom stereocenters. The molecule has 204 valence electrons. The molecule has 0 saturated carbocycles. The summed E-state index contributed by atoms with van der Waals surface area (Å²) in [5, 5.41) is 7.20. The first-order chi connectivity index (χ1) is 17.0. The Morgan fingerprint density at radius 1 is 0.632 bits per heavy atom. The molecule has 6 nitrogen and oxygen atoms in total. The fraction of sp³-hybridized carbons (Fsp3) is 0.360. The zero-order valence-corrected chi connectivity index (χ0v) is 22.6.